The van der Waals surface area contributed by atoms with Gasteiger partial charge in [-0.1, -0.05) is 19.8 Å². The molecule has 1 nitrogen and oxygen atoms in total. The molecule has 1 heterocycles. The lowest BCUT2D eigenvalue weighted by atomic mass is 10.1. The average Bonchev–Trinajstić information content (AvgIpc) is 2.07. The van der Waals surface area contributed by atoms with Crippen LogP contribution < -0.4 is 0 Å². The Labute approximate surface area is 68.5 Å². The number of rotatable bonds is 4. The second-order valence-corrected chi connectivity index (χ2v) is 2.70. The van der Waals surface area contributed by atoms with E-state index < -0.39 is 0 Å². The Morgan fingerprint density at radius 2 is 2.36 bits per heavy atom. The number of aryl methyl sites for hydroxylation is 1. The summed E-state index contributed by atoms with van der Waals surface area (Å²) in [7, 11) is 0. The van der Waals surface area contributed by atoms with Gasteiger partial charge in [0, 0.05) is 11.9 Å². The lowest BCUT2D eigenvalue weighted by molar-refractivity contribution is 0.707. The molecule has 59 valence electrons. The fraction of sp³-hybridized carbons (Fsp3) is 0.500. The van der Waals surface area contributed by atoms with Gasteiger partial charge in [0.15, 0.2) is 0 Å². The van der Waals surface area contributed by atoms with Crippen molar-refractivity contribution in [2.75, 3.05) is 0 Å². The van der Waals surface area contributed by atoms with Crippen LogP contribution in [-0.2, 0) is 6.42 Å². The van der Waals surface area contributed by atoms with Gasteiger partial charge in [-0.15, -0.1) is 0 Å². The molecule has 1 radical (unpaired) electrons. The normalized spacial score (nSPS) is 9.91. The van der Waals surface area contributed by atoms with Crippen LogP contribution in [0.2, 0.25) is 0 Å². The van der Waals surface area contributed by atoms with E-state index in [0.29, 0.717) is 0 Å². The van der Waals surface area contributed by atoms with Crippen LogP contribution in [0.4, 0.5) is 0 Å². The molecule has 0 N–H and O–H groups in total. The van der Waals surface area contributed by atoms with Crippen LogP contribution in [0.5, 0.6) is 0 Å². The molecule has 11 heavy (non-hydrogen) atoms. The molecule has 1 aromatic heterocycles. The average molecular weight is 148 g/mol. The van der Waals surface area contributed by atoms with Crippen molar-refractivity contribution >= 4 is 0 Å². The Balaban J connectivity index is 2.28. The Hall–Kier alpha value is -0.850. The summed E-state index contributed by atoms with van der Waals surface area (Å²) in [6, 6.07) is 6.83. The lowest BCUT2D eigenvalue weighted by Gasteiger charge is -1.96. The first-order chi connectivity index (χ1) is 5.43. The molecule has 0 fully saturated rings. The van der Waals surface area contributed by atoms with Crippen molar-refractivity contribution in [3.63, 3.8) is 0 Å². The maximum absolute atomic E-state index is 4.22. The third-order valence-corrected chi connectivity index (χ3v) is 1.70. The summed E-state index contributed by atoms with van der Waals surface area (Å²) < 4.78 is 0. The molecule has 0 atom stereocenters. The number of aromatic nitrogens is 1. The third-order valence-electron chi connectivity index (χ3n) is 1.70. The van der Waals surface area contributed by atoms with Gasteiger partial charge in [0.2, 0.25) is 0 Å². The molecule has 0 aromatic carbocycles. The Morgan fingerprint density at radius 3 is 3.00 bits per heavy atom. The fourth-order valence-corrected chi connectivity index (χ4v) is 1.05. The molecular formula is C10H14N. The molecule has 0 amide bonds. The largest absolute Gasteiger partial charge is 0.261 e. The second kappa shape index (κ2) is 4.89. The van der Waals surface area contributed by atoms with Crippen molar-refractivity contribution in [2.24, 2.45) is 0 Å². The minimum atomic E-state index is 1.10. The first-order valence-corrected chi connectivity index (χ1v) is 4.24. The Bertz CT molecular complexity index is 181. The van der Waals surface area contributed by atoms with Gasteiger partial charge < -0.3 is 0 Å². The number of hydrogen-bond donors (Lipinski definition) is 0. The number of hydrogen-bond acceptors (Lipinski definition) is 1. The highest BCUT2D eigenvalue weighted by atomic mass is 14.7. The lowest BCUT2D eigenvalue weighted by Crippen LogP contribution is -1.88. The fourth-order valence-electron chi connectivity index (χ4n) is 1.05. The molecule has 0 unspecified atom stereocenters. The van der Waals surface area contributed by atoms with Crippen molar-refractivity contribution in [1.82, 2.24) is 4.98 Å². The smallest absolute Gasteiger partial charge is 0.0409 e. The van der Waals surface area contributed by atoms with Crippen LogP contribution in [0.15, 0.2) is 18.3 Å². The molecule has 0 aliphatic heterocycles. The topological polar surface area (TPSA) is 12.9 Å². The second-order valence-electron chi connectivity index (χ2n) is 2.70. The van der Waals surface area contributed by atoms with Gasteiger partial charge >= 0.3 is 0 Å². The highest BCUT2D eigenvalue weighted by Crippen LogP contribution is 2.01. The minimum Gasteiger partial charge on any atom is -0.261 e. The predicted molar refractivity (Wildman–Crippen MR) is 46.3 cm³/mol. The van der Waals surface area contributed by atoms with E-state index in [1.54, 1.807) is 6.20 Å². The van der Waals surface area contributed by atoms with Crippen LogP contribution in [0.3, 0.4) is 0 Å². The van der Waals surface area contributed by atoms with Crippen LogP contribution >= 0.6 is 0 Å². The zero-order valence-corrected chi connectivity index (χ0v) is 7.01. The molecule has 0 aliphatic rings. The van der Waals surface area contributed by atoms with Crippen molar-refractivity contribution in [2.45, 2.75) is 32.6 Å². The summed E-state index contributed by atoms with van der Waals surface area (Å²) in [5.74, 6) is 0. The molecule has 1 heteroatoms. The van der Waals surface area contributed by atoms with Gasteiger partial charge in [-0.25, -0.2) is 0 Å². The van der Waals surface area contributed by atoms with Gasteiger partial charge in [0.25, 0.3) is 0 Å². The zero-order chi connectivity index (χ0) is 7.94. The van der Waals surface area contributed by atoms with Gasteiger partial charge in [-0.2, -0.15) is 0 Å². The molecule has 0 bridgehead atoms. The number of nitrogens with zero attached hydrogens (tertiary/aromatic N) is 1. The summed E-state index contributed by atoms with van der Waals surface area (Å²) in [5, 5.41) is 0. The standard InChI is InChI=1S/C10H14N/c1-2-3-4-7-10-8-5-6-9-11-10/h6,8-9H,2-4,7H2,1H3. The monoisotopic (exact) mass is 148 g/mol. The maximum Gasteiger partial charge on any atom is 0.0409 e. The molecule has 0 spiro atoms. The first-order valence-electron chi connectivity index (χ1n) is 4.24. The van der Waals surface area contributed by atoms with Gasteiger partial charge in [0.1, 0.15) is 0 Å². The Morgan fingerprint density at radius 1 is 1.45 bits per heavy atom. The Kier molecular flexibility index (Phi) is 3.67. The highest BCUT2D eigenvalue weighted by molar-refractivity contribution is 5.01. The van der Waals surface area contributed by atoms with Gasteiger partial charge in [-0.05, 0) is 31.0 Å². The van der Waals surface area contributed by atoms with Crippen LogP contribution in [0.1, 0.15) is 31.9 Å². The van der Waals surface area contributed by atoms with E-state index in [1.807, 2.05) is 12.1 Å². The maximum atomic E-state index is 4.22. The van der Waals surface area contributed by atoms with E-state index in [1.165, 1.54) is 25.0 Å². The summed E-state index contributed by atoms with van der Waals surface area (Å²) in [6.07, 6.45) is 6.74. The minimum absolute atomic E-state index is 1.10. The molecule has 1 aromatic rings. The highest BCUT2D eigenvalue weighted by Gasteiger charge is 1.90. The van der Waals surface area contributed by atoms with E-state index in [9.17, 15) is 0 Å². The van der Waals surface area contributed by atoms with E-state index in [0.717, 1.165) is 6.42 Å². The van der Waals surface area contributed by atoms with Crippen LogP contribution in [0.25, 0.3) is 0 Å². The van der Waals surface area contributed by atoms with Crippen molar-refractivity contribution in [1.29, 1.82) is 0 Å². The van der Waals surface area contributed by atoms with Gasteiger partial charge in [-0.3, -0.25) is 4.98 Å². The molecule has 1 rings (SSSR count). The zero-order valence-electron chi connectivity index (χ0n) is 7.01. The first kappa shape index (κ1) is 8.25. The summed E-state index contributed by atoms with van der Waals surface area (Å²) in [4.78, 5) is 4.22. The molecule has 0 aliphatic carbocycles. The third kappa shape index (κ3) is 3.17. The van der Waals surface area contributed by atoms with Crippen molar-refractivity contribution in [3.8, 4) is 0 Å². The van der Waals surface area contributed by atoms with E-state index in [-0.39, 0.29) is 0 Å². The van der Waals surface area contributed by atoms with Crippen molar-refractivity contribution in [3.05, 3.63) is 30.1 Å². The van der Waals surface area contributed by atoms with Crippen molar-refractivity contribution < 1.29 is 0 Å². The van der Waals surface area contributed by atoms with Crippen LogP contribution in [0, 0.1) is 6.07 Å². The van der Waals surface area contributed by atoms with Gasteiger partial charge in [0.05, 0.1) is 0 Å². The molecule has 0 saturated heterocycles. The quantitative estimate of drug-likeness (QED) is 0.598. The van der Waals surface area contributed by atoms with Crippen LogP contribution in [-0.4, -0.2) is 4.98 Å². The summed E-state index contributed by atoms with van der Waals surface area (Å²) in [5.41, 5.74) is 1.17. The van der Waals surface area contributed by atoms with E-state index >= 15 is 0 Å². The molecular weight excluding hydrogens is 134 g/mol. The van der Waals surface area contributed by atoms with E-state index in [4.69, 9.17) is 0 Å². The number of pyridine rings is 1. The number of unbranched alkanes of at least 4 members (excludes halogenated alkanes) is 2. The summed E-state index contributed by atoms with van der Waals surface area (Å²) >= 11 is 0. The summed E-state index contributed by atoms with van der Waals surface area (Å²) in [6.45, 7) is 2.21. The van der Waals surface area contributed by atoms with E-state index in [2.05, 4.69) is 18.0 Å². The SMILES string of the molecule is CCCCCc1c[c]ccn1. The molecule has 0 saturated carbocycles. The predicted octanol–water partition coefficient (Wildman–Crippen LogP) is 2.61.